The molecule has 1 heterocycles. The van der Waals surface area contributed by atoms with E-state index >= 15 is 0 Å². The van der Waals surface area contributed by atoms with Gasteiger partial charge in [0.15, 0.2) is 6.29 Å². The number of rotatable bonds is 4. The molecule has 0 aliphatic heterocycles. The molecule has 19 heavy (non-hydrogen) atoms. The van der Waals surface area contributed by atoms with Crippen molar-refractivity contribution in [2.24, 2.45) is 0 Å². The fraction of sp³-hybridized carbons (Fsp3) is 0.214. The van der Waals surface area contributed by atoms with Crippen molar-refractivity contribution in [3.63, 3.8) is 0 Å². The minimum atomic E-state index is 0.0785. The zero-order valence-electron chi connectivity index (χ0n) is 10.6. The molecule has 1 aromatic carbocycles. The van der Waals surface area contributed by atoms with Gasteiger partial charge in [-0.05, 0) is 26.0 Å². The maximum absolute atomic E-state index is 11.1. The maximum atomic E-state index is 11.1. The molecule has 2 aromatic rings. The predicted octanol–water partition coefficient (Wildman–Crippen LogP) is 3.40. The second-order valence-electron chi connectivity index (χ2n) is 4.24. The zero-order valence-corrected chi connectivity index (χ0v) is 11.4. The first-order valence-corrected chi connectivity index (χ1v) is 6.22. The molecule has 0 aliphatic rings. The van der Waals surface area contributed by atoms with Crippen molar-refractivity contribution in [3.05, 3.63) is 41.3 Å². The van der Waals surface area contributed by atoms with Crippen LogP contribution in [0.1, 0.15) is 24.2 Å². The van der Waals surface area contributed by atoms with Gasteiger partial charge in [0, 0.05) is 5.56 Å². The second kappa shape index (κ2) is 5.80. The number of nitrogens with zero attached hydrogens (tertiary/aromatic N) is 2. The van der Waals surface area contributed by atoms with Crippen LogP contribution in [0.3, 0.4) is 0 Å². The summed E-state index contributed by atoms with van der Waals surface area (Å²) >= 11 is 5.89. The van der Waals surface area contributed by atoms with Gasteiger partial charge in [-0.15, -0.1) is 0 Å². The second-order valence-corrected chi connectivity index (χ2v) is 4.60. The quantitative estimate of drug-likeness (QED) is 0.634. The first kappa shape index (κ1) is 13.5. The number of aldehydes is 1. The van der Waals surface area contributed by atoms with Crippen molar-refractivity contribution in [3.8, 4) is 17.0 Å². The van der Waals surface area contributed by atoms with Gasteiger partial charge in [0.25, 0.3) is 0 Å². The normalized spacial score (nSPS) is 10.5. The summed E-state index contributed by atoms with van der Waals surface area (Å²) in [6.45, 7) is 3.90. The standard InChI is InChI=1S/C14H13ClN2O2/c1-9(2)19-11-5-3-4-10(6-11)13-12(7-18)14(15)17-8-16-13/h3-9H,1-2H3. The summed E-state index contributed by atoms with van der Waals surface area (Å²) in [5, 5.41) is 0.148. The summed E-state index contributed by atoms with van der Waals surface area (Å²) in [7, 11) is 0. The molecular formula is C14H13ClN2O2. The van der Waals surface area contributed by atoms with E-state index in [0.29, 0.717) is 12.0 Å². The van der Waals surface area contributed by atoms with Crippen molar-refractivity contribution >= 4 is 17.9 Å². The van der Waals surface area contributed by atoms with E-state index in [4.69, 9.17) is 16.3 Å². The van der Waals surface area contributed by atoms with Crippen molar-refractivity contribution in [1.82, 2.24) is 9.97 Å². The predicted molar refractivity (Wildman–Crippen MR) is 73.6 cm³/mol. The molecule has 0 N–H and O–H groups in total. The van der Waals surface area contributed by atoms with E-state index < -0.39 is 0 Å². The van der Waals surface area contributed by atoms with Crippen LogP contribution in [0.2, 0.25) is 5.15 Å². The highest BCUT2D eigenvalue weighted by Crippen LogP contribution is 2.27. The molecule has 0 amide bonds. The Balaban J connectivity index is 2.47. The van der Waals surface area contributed by atoms with Crippen molar-refractivity contribution < 1.29 is 9.53 Å². The first-order chi connectivity index (χ1) is 9.11. The Morgan fingerprint density at radius 1 is 1.32 bits per heavy atom. The van der Waals surface area contributed by atoms with E-state index in [9.17, 15) is 4.79 Å². The van der Waals surface area contributed by atoms with E-state index in [1.165, 1.54) is 6.33 Å². The van der Waals surface area contributed by atoms with Gasteiger partial charge in [-0.3, -0.25) is 4.79 Å². The average molecular weight is 277 g/mol. The van der Waals surface area contributed by atoms with Gasteiger partial charge in [-0.2, -0.15) is 0 Å². The summed E-state index contributed by atoms with van der Waals surface area (Å²) in [6.07, 6.45) is 2.07. The molecule has 0 saturated carbocycles. The van der Waals surface area contributed by atoms with Crippen molar-refractivity contribution in [2.45, 2.75) is 20.0 Å². The van der Waals surface area contributed by atoms with Crippen LogP contribution in [0.25, 0.3) is 11.3 Å². The zero-order chi connectivity index (χ0) is 13.8. The molecule has 1 aromatic heterocycles. The van der Waals surface area contributed by atoms with Crippen LogP contribution < -0.4 is 4.74 Å². The molecule has 0 spiro atoms. The van der Waals surface area contributed by atoms with Crippen LogP contribution in [-0.2, 0) is 0 Å². The molecule has 4 nitrogen and oxygen atoms in total. The lowest BCUT2D eigenvalue weighted by Crippen LogP contribution is -2.05. The molecule has 0 saturated heterocycles. The molecule has 0 atom stereocenters. The molecule has 5 heteroatoms. The molecular weight excluding hydrogens is 264 g/mol. The Hall–Kier alpha value is -1.94. The number of hydrogen-bond donors (Lipinski definition) is 0. The Labute approximate surface area is 116 Å². The molecule has 0 unspecified atom stereocenters. The molecule has 0 bridgehead atoms. The summed E-state index contributed by atoms with van der Waals surface area (Å²) < 4.78 is 5.62. The first-order valence-electron chi connectivity index (χ1n) is 5.84. The Bertz CT molecular complexity index is 600. The highest BCUT2D eigenvalue weighted by Gasteiger charge is 2.11. The summed E-state index contributed by atoms with van der Waals surface area (Å²) in [6, 6.07) is 7.37. The SMILES string of the molecule is CC(C)Oc1cccc(-c2ncnc(Cl)c2C=O)c1. The van der Waals surface area contributed by atoms with Gasteiger partial charge in [-0.1, -0.05) is 23.7 Å². The number of halogens is 1. The van der Waals surface area contributed by atoms with Crippen LogP contribution in [0.15, 0.2) is 30.6 Å². The molecule has 0 aliphatic carbocycles. The van der Waals surface area contributed by atoms with Crippen molar-refractivity contribution in [1.29, 1.82) is 0 Å². The van der Waals surface area contributed by atoms with E-state index in [1.807, 2.05) is 38.1 Å². The molecule has 98 valence electrons. The maximum Gasteiger partial charge on any atom is 0.155 e. The number of carbonyl (C=O) groups is 1. The van der Waals surface area contributed by atoms with Crippen LogP contribution in [0.4, 0.5) is 0 Å². The third kappa shape index (κ3) is 3.09. The third-order valence-corrected chi connectivity index (χ3v) is 2.73. The number of aromatic nitrogens is 2. The molecule has 0 radical (unpaired) electrons. The van der Waals surface area contributed by atoms with Gasteiger partial charge in [0.1, 0.15) is 17.2 Å². The van der Waals surface area contributed by atoms with E-state index in [1.54, 1.807) is 0 Å². The fourth-order valence-electron chi connectivity index (χ4n) is 1.70. The minimum absolute atomic E-state index is 0.0785. The van der Waals surface area contributed by atoms with Crippen LogP contribution >= 0.6 is 11.6 Å². The monoisotopic (exact) mass is 276 g/mol. The third-order valence-electron chi connectivity index (χ3n) is 2.43. The van der Waals surface area contributed by atoms with E-state index in [-0.39, 0.29) is 16.8 Å². The lowest BCUT2D eigenvalue weighted by Gasteiger charge is -2.11. The smallest absolute Gasteiger partial charge is 0.155 e. The highest BCUT2D eigenvalue weighted by atomic mass is 35.5. The Morgan fingerprint density at radius 3 is 2.79 bits per heavy atom. The van der Waals surface area contributed by atoms with Gasteiger partial charge in [0.2, 0.25) is 0 Å². The minimum Gasteiger partial charge on any atom is -0.491 e. The lowest BCUT2D eigenvalue weighted by molar-refractivity contribution is 0.112. The number of ether oxygens (including phenoxy) is 1. The summed E-state index contributed by atoms with van der Waals surface area (Å²) in [5.74, 6) is 0.721. The lowest BCUT2D eigenvalue weighted by atomic mass is 10.1. The highest BCUT2D eigenvalue weighted by molar-refractivity contribution is 6.32. The topological polar surface area (TPSA) is 52.1 Å². The number of carbonyl (C=O) groups excluding carboxylic acids is 1. The van der Waals surface area contributed by atoms with E-state index in [2.05, 4.69) is 9.97 Å². The van der Waals surface area contributed by atoms with Gasteiger partial charge >= 0.3 is 0 Å². The number of benzene rings is 1. The fourth-order valence-corrected chi connectivity index (χ4v) is 1.88. The van der Waals surface area contributed by atoms with Crippen molar-refractivity contribution in [2.75, 3.05) is 0 Å². The summed E-state index contributed by atoms with van der Waals surface area (Å²) in [4.78, 5) is 19.0. The Morgan fingerprint density at radius 2 is 2.11 bits per heavy atom. The molecule has 2 rings (SSSR count). The Kier molecular flexibility index (Phi) is 4.12. The van der Waals surface area contributed by atoms with Crippen LogP contribution in [0.5, 0.6) is 5.75 Å². The summed E-state index contributed by atoms with van der Waals surface area (Å²) in [5.41, 5.74) is 1.56. The number of hydrogen-bond acceptors (Lipinski definition) is 4. The van der Waals surface area contributed by atoms with E-state index in [0.717, 1.165) is 11.3 Å². The van der Waals surface area contributed by atoms with Gasteiger partial charge < -0.3 is 4.74 Å². The van der Waals surface area contributed by atoms with Gasteiger partial charge in [-0.25, -0.2) is 9.97 Å². The van der Waals surface area contributed by atoms with Gasteiger partial charge in [0.05, 0.1) is 17.4 Å². The average Bonchev–Trinajstić information content (AvgIpc) is 2.38. The van der Waals surface area contributed by atoms with Crippen LogP contribution in [-0.4, -0.2) is 22.4 Å². The molecule has 0 fully saturated rings. The van der Waals surface area contributed by atoms with Crippen LogP contribution in [0, 0.1) is 0 Å². The largest absolute Gasteiger partial charge is 0.491 e.